The van der Waals surface area contributed by atoms with Gasteiger partial charge in [0.05, 0.1) is 18.9 Å². The van der Waals surface area contributed by atoms with Crippen LogP contribution in [0.2, 0.25) is 0 Å². The van der Waals surface area contributed by atoms with Crippen molar-refractivity contribution in [2.24, 2.45) is 10.4 Å². The van der Waals surface area contributed by atoms with E-state index in [-0.39, 0.29) is 24.3 Å². The lowest BCUT2D eigenvalue weighted by atomic mass is 10.1. The third-order valence-corrected chi connectivity index (χ3v) is 4.31. The van der Waals surface area contributed by atoms with Crippen LogP contribution in [0.3, 0.4) is 0 Å². The molecule has 0 spiro atoms. The molecule has 1 aliphatic rings. The summed E-state index contributed by atoms with van der Waals surface area (Å²) in [4.78, 5) is 21.7. The highest BCUT2D eigenvalue weighted by molar-refractivity contribution is 6.46. The van der Waals surface area contributed by atoms with Crippen molar-refractivity contribution in [2.75, 3.05) is 25.6 Å². The highest BCUT2D eigenvalue weighted by atomic mass is 16.6. The number of nitrogens with one attached hydrogen (secondary N) is 3. The van der Waals surface area contributed by atoms with Gasteiger partial charge in [0.25, 0.3) is 0 Å². The molecule has 162 valence electrons. The van der Waals surface area contributed by atoms with Gasteiger partial charge in [-0.2, -0.15) is 5.53 Å². The second-order valence-electron chi connectivity index (χ2n) is 6.58. The maximum atomic E-state index is 12.0. The van der Waals surface area contributed by atoms with Gasteiger partial charge in [-0.15, -0.1) is 0 Å². The summed E-state index contributed by atoms with van der Waals surface area (Å²) in [5, 5.41) is 19.1. The quantitative estimate of drug-likeness (QED) is 0.256. The fraction of sp³-hybridized carbons (Fsp3) is 0.300. The smallest absolute Gasteiger partial charge is 0.413 e. The van der Waals surface area contributed by atoms with Crippen molar-refractivity contribution in [3.63, 3.8) is 0 Å². The van der Waals surface area contributed by atoms with Gasteiger partial charge in [0.15, 0.2) is 18.2 Å². The van der Waals surface area contributed by atoms with E-state index in [9.17, 15) is 4.79 Å². The zero-order valence-corrected chi connectivity index (χ0v) is 16.9. The van der Waals surface area contributed by atoms with E-state index >= 15 is 0 Å². The summed E-state index contributed by atoms with van der Waals surface area (Å²) in [7, 11) is 1.47. The first-order valence-electron chi connectivity index (χ1n) is 9.53. The van der Waals surface area contributed by atoms with Crippen molar-refractivity contribution in [3.05, 3.63) is 59.8 Å². The van der Waals surface area contributed by atoms with Crippen molar-refractivity contribution >= 4 is 23.5 Å². The van der Waals surface area contributed by atoms with Crippen LogP contribution in [0.4, 0.5) is 10.6 Å². The van der Waals surface area contributed by atoms with Crippen molar-refractivity contribution in [1.29, 1.82) is 10.9 Å². The predicted octanol–water partition coefficient (Wildman–Crippen LogP) is 3.19. The molecule has 3 N–H and O–H groups in total. The molecule has 1 atom stereocenters. The first kappa shape index (κ1) is 21.8. The number of amidine groups is 1. The van der Waals surface area contributed by atoms with E-state index < -0.39 is 6.09 Å². The molecule has 2 heterocycles. The van der Waals surface area contributed by atoms with Gasteiger partial charge in [-0.05, 0) is 12.1 Å². The van der Waals surface area contributed by atoms with Crippen LogP contribution in [-0.4, -0.2) is 54.0 Å². The van der Waals surface area contributed by atoms with Gasteiger partial charge < -0.3 is 14.3 Å². The number of rotatable bonds is 8. The molecule has 11 heteroatoms. The largest absolute Gasteiger partial charge is 0.443 e. The third kappa shape index (κ3) is 6.31. The number of likely N-dealkylation sites (N-methyl/N-ethyl adjacent to an activating group) is 1. The molecule has 1 amide bonds. The van der Waals surface area contributed by atoms with Crippen LogP contribution in [-0.2, 0) is 20.9 Å². The Balaban J connectivity index is 1.64. The number of anilines is 1. The maximum Gasteiger partial charge on any atom is 0.413 e. The highest BCUT2D eigenvalue weighted by Crippen LogP contribution is 2.12. The molecule has 0 saturated carbocycles. The average molecular weight is 425 g/mol. The van der Waals surface area contributed by atoms with Gasteiger partial charge in [-0.25, -0.2) is 14.8 Å². The molecule has 1 fully saturated rings. The fourth-order valence-electron chi connectivity index (χ4n) is 2.72. The van der Waals surface area contributed by atoms with Gasteiger partial charge in [0.1, 0.15) is 11.9 Å². The summed E-state index contributed by atoms with van der Waals surface area (Å²) in [6.45, 7) is 0.984. The summed E-state index contributed by atoms with van der Waals surface area (Å²) < 4.78 is 10.4. The molecule has 1 aliphatic heterocycles. The SMILES string of the molecule is CN(N=N)C(=N)/C(=N\OCc1cccc(NC(=O)OC2CCOC2)n1)c1ccccc1. The number of oxime groups is 1. The number of aromatic nitrogens is 1. The molecular weight excluding hydrogens is 402 g/mol. The van der Waals surface area contributed by atoms with Gasteiger partial charge >= 0.3 is 6.09 Å². The topological polar surface area (TPSA) is 145 Å². The molecule has 31 heavy (non-hydrogen) atoms. The van der Waals surface area contributed by atoms with Gasteiger partial charge in [0.2, 0.25) is 0 Å². The molecule has 11 nitrogen and oxygen atoms in total. The van der Waals surface area contributed by atoms with Crippen molar-refractivity contribution < 1.29 is 19.1 Å². The number of nitrogens with zero attached hydrogens (tertiary/aromatic N) is 4. The minimum atomic E-state index is -0.596. The van der Waals surface area contributed by atoms with Crippen LogP contribution in [0.15, 0.2) is 58.9 Å². The molecule has 2 aromatic rings. The van der Waals surface area contributed by atoms with E-state index in [1.54, 1.807) is 30.3 Å². The Kier molecular flexibility index (Phi) is 7.60. The van der Waals surface area contributed by atoms with Crippen LogP contribution in [0.1, 0.15) is 17.7 Å². The third-order valence-electron chi connectivity index (χ3n) is 4.31. The Morgan fingerprint density at radius 3 is 2.81 bits per heavy atom. The summed E-state index contributed by atoms with van der Waals surface area (Å²) in [6, 6.07) is 14.1. The number of benzene rings is 1. The lowest BCUT2D eigenvalue weighted by molar-refractivity contribution is 0.0931. The number of pyridine rings is 1. The van der Waals surface area contributed by atoms with Gasteiger partial charge in [-0.1, -0.05) is 46.8 Å². The number of ether oxygens (including phenoxy) is 2. The van der Waals surface area contributed by atoms with Gasteiger partial charge in [0, 0.05) is 19.0 Å². The monoisotopic (exact) mass is 425 g/mol. The Morgan fingerprint density at radius 1 is 1.29 bits per heavy atom. The first-order valence-corrected chi connectivity index (χ1v) is 9.53. The lowest BCUT2D eigenvalue weighted by Crippen LogP contribution is -2.29. The molecule has 1 aromatic carbocycles. The second kappa shape index (κ2) is 10.8. The zero-order valence-electron chi connectivity index (χ0n) is 16.9. The van der Waals surface area contributed by atoms with Crippen LogP contribution in [0, 0.1) is 10.9 Å². The Labute approximate surface area is 179 Å². The minimum Gasteiger partial charge on any atom is -0.443 e. The van der Waals surface area contributed by atoms with E-state index in [1.807, 2.05) is 18.2 Å². The summed E-state index contributed by atoms with van der Waals surface area (Å²) in [5.74, 6) is 0.223. The predicted molar refractivity (Wildman–Crippen MR) is 112 cm³/mol. The van der Waals surface area contributed by atoms with E-state index in [0.717, 1.165) is 5.01 Å². The number of amides is 1. The van der Waals surface area contributed by atoms with Crippen LogP contribution in [0.25, 0.3) is 0 Å². The Bertz CT molecular complexity index is 946. The maximum absolute atomic E-state index is 12.0. The van der Waals surface area contributed by atoms with E-state index in [4.69, 9.17) is 25.3 Å². The highest BCUT2D eigenvalue weighted by Gasteiger charge is 2.20. The van der Waals surface area contributed by atoms with Crippen LogP contribution >= 0.6 is 0 Å². The standard InChI is InChI=1S/C20H23N7O4/c1-27(26-22)19(21)18(14-6-3-2-4-7-14)25-30-12-15-8-5-9-17(23-15)24-20(28)31-16-10-11-29-13-16/h2-9,16,21-22H,10-13H2,1H3,(H,23,24,28)/b21-19?,25-18-,26-22?. The summed E-state index contributed by atoms with van der Waals surface area (Å²) >= 11 is 0. The Hall–Kier alpha value is -3.86. The number of carbonyl (C=O) groups excluding carboxylic acids is 1. The lowest BCUT2D eigenvalue weighted by Gasteiger charge is -2.14. The van der Waals surface area contributed by atoms with Crippen molar-refractivity contribution in [1.82, 2.24) is 9.99 Å². The van der Waals surface area contributed by atoms with Gasteiger partial charge in [-0.3, -0.25) is 10.7 Å². The minimum absolute atomic E-state index is 0.00633. The number of hydrogen-bond donors (Lipinski definition) is 3. The number of hydrogen-bond acceptors (Lipinski definition) is 9. The van der Waals surface area contributed by atoms with Crippen LogP contribution < -0.4 is 5.32 Å². The summed E-state index contributed by atoms with van der Waals surface area (Å²) in [5.41, 5.74) is 8.49. The van der Waals surface area contributed by atoms with Crippen molar-refractivity contribution in [3.8, 4) is 0 Å². The van der Waals surface area contributed by atoms with E-state index in [0.29, 0.717) is 36.7 Å². The van der Waals surface area contributed by atoms with E-state index in [2.05, 4.69) is 20.7 Å². The molecule has 1 saturated heterocycles. The molecule has 3 rings (SSSR count). The fourth-order valence-corrected chi connectivity index (χ4v) is 2.72. The summed E-state index contributed by atoms with van der Waals surface area (Å²) in [6.07, 6.45) is -0.170. The molecule has 0 bridgehead atoms. The average Bonchev–Trinajstić information content (AvgIpc) is 3.29. The molecule has 1 unspecified atom stereocenters. The molecule has 0 aliphatic carbocycles. The van der Waals surface area contributed by atoms with E-state index in [1.165, 1.54) is 7.05 Å². The Morgan fingerprint density at radius 2 is 2.10 bits per heavy atom. The molecule has 0 radical (unpaired) electrons. The molecule has 1 aromatic heterocycles. The normalized spacial score (nSPS) is 15.8. The second-order valence-corrected chi connectivity index (χ2v) is 6.58. The number of carbonyl (C=O) groups is 1. The molecular formula is C20H23N7O4. The zero-order chi connectivity index (χ0) is 22.1. The first-order chi connectivity index (χ1) is 15.1. The van der Waals surface area contributed by atoms with Crippen LogP contribution in [0.5, 0.6) is 0 Å². The van der Waals surface area contributed by atoms with Crippen molar-refractivity contribution in [2.45, 2.75) is 19.1 Å².